The Bertz CT molecular complexity index is 667. The van der Waals surface area contributed by atoms with Gasteiger partial charge in [-0.15, -0.1) is 0 Å². The van der Waals surface area contributed by atoms with Crippen molar-refractivity contribution in [3.8, 4) is 0 Å². The van der Waals surface area contributed by atoms with Gasteiger partial charge in [-0.25, -0.2) is 9.48 Å². The first-order chi connectivity index (χ1) is 9.83. The predicted molar refractivity (Wildman–Crippen MR) is 77.6 cm³/mol. The van der Waals surface area contributed by atoms with Gasteiger partial charge >= 0.3 is 5.69 Å². The Kier molecular flexibility index (Phi) is 3.46. The smallest absolute Gasteiger partial charge is 0.277 e. The molecule has 0 aliphatic carbocycles. The molecule has 2 aromatic carbocycles. The highest BCUT2D eigenvalue weighted by atomic mass is 16.2. The third-order valence-corrected chi connectivity index (χ3v) is 3.17. The molecule has 0 aliphatic rings. The second-order valence-corrected chi connectivity index (χ2v) is 4.67. The van der Waals surface area contributed by atoms with Crippen molar-refractivity contribution in [1.82, 2.24) is 14.3 Å². The summed E-state index contributed by atoms with van der Waals surface area (Å²) in [6.07, 6.45) is 1.60. The van der Waals surface area contributed by atoms with Crippen LogP contribution in [0.3, 0.4) is 0 Å². The molecule has 0 spiro atoms. The number of hydrogen-bond acceptors (Lipinski definition) is 2. The van der Waals surface area contributed by atoms with Crippen molar-refractivity contribution in [3.63, 3.8) is 0 Å². The minimum atomic E-state index is -0.0855. The molecule has 1 heterocycles. The quantitative estimate of drug-likeness (QED) is 0.725. The van der Waals surface area contributed by atoms with Gasteiger partial charge in [-0.2, -0.15) is 5.10 Å². The zero-order valence-electron chi connectivity index (χ0n) is 11.0. The second kappa shape index (κ2) is 5.57. The van der Waals surface area contributed by atoms with Gasteiger partial charge < -0.3 is 0 Å². The average molecular weight is 265 g/mol. The average Bonchev–Trinajstić information content (AvgIpc) is 2.83. The lowest BCUT2D eigenvalue weighted by Gasteiger charge is -2.01. The minimum Gasteiger partial charge on any atom is -0.277 e. The zero-order valence-corrected chi connectivity index (χ0v) is 11.0. The van der Waals surface area contributed by atoms with Crippen LogP contribution in [0.15, 0.2) is 71.8 Å². The fraction of sp³-hybridized carbons (Fsp3) is 0.125. The van der Waals surface area contributed by atoms with Gasteiger partial charge in [0, 0.05) is 0 Å². The molecule has 0 fully saturated rings. The Morgan fingerprint density at radius 3 is 1.95 bits per heavy atom. The first-order valence-electron chi connectivity index (χ1n) is 6.53. The van der Waals surface area contributed by atoms with Crippen LogP contribution in [0.5, 0.6) is 0 Å². The Hall–Kier alpha value is -2.62. The summed E-state index contributed by atoms with van der Waals surface area (Å²) in [6, 6.07) is 19.8. The Morgan fingerprint density at radius 1 is 0.800 bits per heavy atom. The van der Waals surface area contributed by atoms with Gasteiger partial charge in [0.25, 0.3) is 0 Å². The molecule has 0 saturated carbocycles. The fourth-order valence-electron chi connectivity index (χ4n) is 2.13. The van der Waals surface area contributed by atoms with E-state index in [1.807, 2.05) is 60.7 Å². The number of rotatable bonds is 4. The molecule has 0 radical (unpaired) electrons. The third kappa shape index (κ3) is 2.69. The maximum absolute atomic E-state index is 12.2. The van der Waals surface area contributed by atoms with E-state index in [4.69, 9.17) is 0 Å². The lowest BCUT2D eigenvalue weighted by Crippen LogP contribution is -2.25. The van der Waals surface area contributed by atoms with E-state index >= 15 is 0 Å². The summed E-state index contributed by atoms with van der Waals surface area (Å²) in [6.45, 7) is 1.05. The van der Waals surface area contributed by atoms with E-state index in [0.29, 0.717) is 13.1 Å². The van der Waals surface area contributed by atoms with Crippen LogP contribution in [0.25, 0.3) is 0 Å². The molecule has 4 nitrogen and oxygen atoms in total. The normalized spacial score (nSPS) is 10.6. The third-order valence-electron chi connectivity index (χ3n) is 3.17. The topological polar surface area (TPSA) is 39.8 Å². The molecule has 20 heavy (non-hydrogen) atoms. The van der Waals surface area contributed by atoms with Crippen LogP contribution < -0.4 is 5.69 Å². The van der Waals surface area contributed by atoms with E-state index < -0.39 is 0 Å². The number of nitrogens with zero attached hydrogens (tertiary/aromatic N) is 3. The molecule has 0 atom stereocenters. The summed E-state index contributed by atoms with van der Waals surface area (Å²) in [4.78, 5) is 12.2. The Labute approximate surface area is 116 Å². The highest BCUT2D eigenvalue weighted by Gasteiger charge is 2.05. The number of hydrogen-bond donors (Lipinski definition) is 0. The maximum atomic E-state index is 12.2. The zero-order chi connectivity index (χ0) is 13.8. The second-order valence-electron chi connectivity index (χ2n) is 4.67. The minimum absolute atomic E-state index is 0.0855. The van der Waals surface area contributed by atoms with Crippen LogP contribution >= 0.6 is 0 Å². The summed E-state index contributed by atoms with van der Waals surface area (Å²) in [5, 5.41) is 4.17. The molecule has 3 rings (SSSR count). The highest BCUT2D eigenvalue weighted by molar-refractivity contribution is 5.16. The van der Waals surface area contributed by atoms with Crippen LogP contribution in [0, 0.1) is 0 Å². The van der Waals surface area contributed by atoms with Crippen LogP contribution in [-0.4, -0.2) is 14.3 Å². The Morgan fingerprint density at radius 2 is 1.35 bits per heavy atom. The van der Waals surface area contributed by atoms with E-state index in [1.54, 1.807) is 10.9 Å². The van der Waals surface area contributed by atoms with Gasteiger partial charge in [-0.05, 0) is 11.1 Å². The first-order valence-corrected chi connectivity index (χ1v) is 6.53. The monoisotopic (exact) mass is 265 g/mol. The molecular weight excluding hydrogens is 250 g/mol. The van der Waals surface area contributed by atoms with Crippen molar-refractivity contribution in [1.29, 1.82) is 0 Å². The molecule has 0 N–H and O–H groups in total. The van der Waals surface area contributed by atoms with E-state index in [-0.39, 0.29) is 5.69 Å². The van der Waals surface area contributed by atoms with Crippen LogP contribution in [0.2, 0.25) is 0 Å². The van der Waals surface area contributed by atoms with Crippen molar-refractivity contribution in [2.75, 3.05) is 0 Å². The molecular formula is C16H15N3O. The molecule has 0 bridgehead atoms. The fourth-order valence-corrected chi connectivity index (χ4v) is 2.13. The Balaban J connectivity index is 1.81. The lowest BCUT2D eigenvalue weighted by atomic mass is 10.2. The standard InChI is InChI=1S/C16H15N3O/c20-16-18(11-14-7-3-1-4-8-14)13-17-19(16)12-15-9-5-2-6-10-15/h1-10,13H,11-12H2. The molecule has 0 saturated heterocycles. The van der Waals surface area contributed by atoms with Crippen LogP contribution in [0.4, 0.5) is 0 Å². The van der Waals surface area contributed by atoms with Crippen molar-refractivity contribution in [3.05, 3.63) is 88.6 Å². The van der Waals surface area contributed by atoms with Gasteiger partial charge in [-0.1, -0.05) is 60.7 Å². The summed E-state index contributed by atoms with van der Waals surface area (Å²) in [7, 11) is 0. The van der Waals surface area contributed by atoms with Crippen molar-refractivity contribution < 1.29 is 0 Å². The van der Waals surface area contributed by atoms with Gasteiger partial charge in [0.2, 0.25) is 0 Å². The number of aromatic nitrogens is 3. The lowest BCUT2D eigenvalue weighted by molar-refractivity contribution is 0.637. The molecule has 1 aromatic heterocycles. The predicted octanol–water partition coefficient (Wildman–Crippen LogP) is 2.14. The van der Waals surface area contributed by atoms with Gasteiger partial charge in [0.15, 0.2) is 0 Å². The van der Waals surface area contributed by atoms with Crippen molar-refractivity contribution >= 4 is 0 Å². The number of benzene rings is 2. The molecule has 0 aliphatic heterocycles. The van der Waals surface area contributed by atoms with Crippen molar-refractivity contribution in [2.45, 2.75) is 13.1 Å². The molecule has 0 amide bonds. The summed E-state index contributed by atoms with van der Waals surface area (Å²) >= 11 is 0. The summed E-state index contributed by atoms with van der Waals surface area (Å²) < 4.78 is 3.11. The van der Waals surface area contributed by atoms with Crippen LogP contribution in [-0.2, 0) is 13.1 Å². The SMILES string of the molecule is O=c1n(Cc2ccccc2)cnn1Cc1ccccc1. The molecule has 4 heteroatoms. The summed E-state index contributed by atoms with van der Waals surface area (Å²) in [5.41, 5.74) is 2.08. The highest BCUT2D eigenvalue weighted by Crippen LogP contribution is 2.01. The van der Waals surface area contributed by atoms with E-state index in [9.17, 15) is 4.79 Å². The largest absolute Gasteiger partial charge is 0.346 e. The van der Waals surface area contributed by atoms with Crippen molar-refractivity contribution in [2.24, 2.45) is 0 Å². The van der Waals surface area contributed by atoms with E-state index in [1.165, 1.54) is 4.68 Å². The maximum Gasteiger partial charge on any atom is 0.346 e. The summed E-state index contributed by atoms with van der Waals surface area (Å²) in [5.74, 6) is 0. The van der Waals surface area contributed by atoms with Gasteiger partial charge in [0.05, 0.1) is 13.1 Å². The van der Waals surface area contributed by atoms with E-state index in [2.05, 4.69) is 5.10 Å². The van der Waals surface area contributed by atoms with E-state index in [0.717, 1.165) is 11.1 Å². The molecule has 0 unspecified atom stereocenters. The van der Waals surface area contributed by atoms with Crippen LogP contribution in [0.1, 0.15) is 11.1 Å². The van der Waals surface area contributed by atoms with Gasteiger partial charge in [-0.3, -0.25) is 4.57 Å². The molecule has 100 valence electrons. The molecule has 3 aromatic rings. The van der Waals surface area contributed by atoms with Gasteiger partial charge in [0.1, 0.15) is 6.33 Å². The first kappa shape index (κ1) is 12.4.